The third-order valence-corrected chi connectivity index (χ3v) is 5.08. The van der Waals surface area contributed by atoms with Crippen LogP contribution in [0.2, 0.25) is 0 Å². The van der Waals surface area contributed by atoms with Crippen LogP contribution < -0.4 is 5.56 Å². The van der Waals surface area contributed by atoms with Crippen molar-refractivity contribution >= 4 is 22.7 Å². The summed E-state index contributed by atoms with van der Waals surface area (Å²) in [4.78, 5) is 13.4. The lowest BCUT2D eigenvalue weighted by Gasteiger charge is -2.11. The molecule has 0 N–H and O–H groups in total. The average molecular weight is 330 g/mol. The van der Waals surface area contributed by atoms with Crippen molar-refractivity contribution in [3.05, 3.63) is 39.7 Å². The maximum atomic E-state index is 12.2. The zero-order valence-corrected chi connectivity index (χ0v) is 14.7. The number of aromatic nitrogens is 1. The number of pyridine rings is 1. The first-order valence-corrected chi connectivity index (χ1v) is 8.74. The summed E-state index contributed by atoms with van der Waals surface area (Å²) < 4.78 is 6.62. The molecular weight excluding hydrogens is 308 g/mol. The van der Waals surface area contributed by atoms with Crippen LogP contribution in [0.4, 0.5) is 0 Å². The van der Waals surface area contributed by atoms with Crippen LogP contribution in [0.5, 0.6) is 0 Å². The zero-order chi connectivity index (χ0) is 16.8. The van der Waals surface area contributed by atoms with Crippen LogP contribution in [0.1, 0.15) is 30.4 Å². The van der Waals surface area contributed by atoms with Gasteiger partial charge >= 0.3 is 0 Å². The Morgan fingerprint density at radius 1 is 1.30 bits per heavy atom. The van der Waals surface area contributed by atoms with E-state index in [4.69, 9.17) is 10.00 Å². The molecule has 0 saturated carbocycles. The summed E-state index contributed by atoms with van der Waals surface area (Å²) in [6.07, 6.45) is 3.41. The van der Waals surface area contributed by atoms with E-state index in [-0.39, 0.29) is 11.1 Å². The van der Waals surface area contributed by atoms with Gasteiger partial charge in [-0.05, 0) is 43.2 Å². The number of methoxy groups -OCH3 is 1. The third-order valence-electron chi connectivity index (χ3n) is 4.00. The molecule has 0 unspecified atom stereocenters. The van der Waals surface area contributed by atoms with Gasteiger partial charge in [-0.2, -0.15) is 5.26 Å². The number of benzene rings is 1. The van der Waals surface area contributed by atoms with Crippen LogP contribution in [0, 0.1) is 18.3 Å². The van der Waals surface area contributed by atoms with Crippen LogP contribution in [0.25, 0.3) is 10.9 Å². The number of thioether (sulfide) groups is 1. The van der Waals surface area contributed by atoms with Crippen LogP contribution >= 0.6 is 11.8 Å². The molecule has 1 aromatic heterocycles. The van der Waals surface area contributed by atoms with Gasteiger partial charge in [-0.15, -0.1) is 11.8 Å². The summed E-state index contributed by atoms with van der Waals surface area (Å²) in [5.74, 6) is 1.05. The highest BCUT2D eigenvalue weighted by molar-refractivity contribution is 7.99. The summed E-state index contributed by atoms with van der Waals surface area (Å²) >= 11 is 1.80. The van der Waals surface area contributed by atoms with Gasteiger partial charge in [-0.1, -0.05) is 12.5 Å². The smallest absolute Gasteiger partial charge is 0.268 e. The Morgan fingerprint density at radius 2 is 2.09 bits per heavy atom. The number of nitriles is 1. The molecule has 2 aromatic rings. The minimum Gasteiger partial charge on any atom is -0.385 e. The Labute approximate surface area is 141 Å². The Kier molecular flexibility index (Phi) is 6.26. The van der Waals surface area contributed by atoms with E-state index in [9.17, 15) is 4.79 Å². The summed E-state index contributed by atoms with van der Waals surface area (Å²) in [5, 5.41) is 10.1. The Bertz CT molecular complexity index is 790. The van der Waals surface area contributed by atoms with E-state index >= 15 is 0 Å². The van der Waals surface area contributed by atoms with Crippen molar-refractivity contribution < 1.29 is 4.74 Å². The van der Waals surface area contributed by atoms with Gasteiger partial charge in [0.25, 0.3) is 5.56 Å². The minimum absolute atomic E-state index is 0.223. The summed E-state index contributed by atoms with van der Waals surface area (Å²) in [6.45, 7) is 2.66. The van der Waals surface area contributed by atoms with E-state index < -0.39 is 0 Å². The summed E-state index contributed by atoms with van der Waals surface area (Å²) in [6, 6.07) is 8.15. The van der Waals surface area contributed by atoms with E-state index in [1.807, 2.05) is 25.1 Å². The van der Waals surface area contributed by atoms with Crippen molar-refractivity contribution in [1.82, 2.24) is 4.57 Å². The van der Waals surface area contributed by atoms with Gasteiger partial charge in [0, 0.05) is 31.0 Å². The number of hydrogen-bond acceptors (Lipinski definition) is 4. The molecule has 0 spiro atoms. The van der Waals surface area contributed by atoms with Crippen molar-refractivity contribution in [3.63, 3.8) is 0 Å². The molecule has 1 aromatic carbocycles. The maximum absolute atomic E-state index is 12.2. The predicted octanol–water partition coefficient (Wildman–Crippen LogP) is 3.63. The second kappa shape index (κ2) is 8.19. The second-order valence-corrected chi connectivity index (χ2v) is 6.73. The van der Waals surface area contributed by atoms with Gasteiger partial charge in [0.15, 0.2) is 0 Å². The lowest BCUT2D eigenvalue weighted by atomic mass is 10.1. The van der Waals surface area contributed by atoms with E-state index in [2.05, 4.69) is 6.07 Å². The van der Waals surface area contributed by atoms with Gasteiger partial charge in [0.05, 0.1) is 5.52 Å². The fraction of sp³-hybridized carbons (Fsp3) is 0.444. The number of ether oxygens (including phenoxy) is 1. The summed E-state index contributed by atoms with van der Waals surface area (Å²) in [7, 11) is 3.46. The molecule has 0 saturated heterocycles. The number of rotatable bonds is 7. The minimum atomic E-state index is -0.223. The second-order valence-electron chi connectivity index (χ2n) is 5.56. The van der Waals surface area contributed by atoms with E-state index in [0.717, 1.165) is 53.0 Å². The molecule has 0 aliphatic carbocycles. The van der Waals surface area contributed by atoms with E-state index in [0.29, 0.717) is 0 Å². The highest BCUT2D eigenvalue weighted by atomic mass is 32.2. The Hall–Kier alpha value is -1.77. The van der Waals surface area contributed by atoms with Crippen LogP contribution in [0.15, 0.2) is 27.9 Å². The van der Waals surface area contributed by atoms with E-state index in [1.165, 1.54) is 0 Å². The number of aryl methyl sites for hydroxylation is 2. The molecule has 23 heavy (non-hydrogen) atoms. The van der Waals surface area contributed by atoms with Crippen molar-refractivity contribution in [2.24, 2.45) is 7.05 Å². The number of hydrogen-bond donors (Lipinski definition) is 0. The molecule has 0 radical (unpaired) electrons. The predicted molar refractivity (Wildman–Crippen MR) is 95.1 cm³/mol. The number of unbranched alkanes of at least 4 members (excludes halogenated alkanes) is 2. The first kappa shape index (κ1) is 17.6. The SMILES string of the molecule is COCCCCCSc1ccc2c(C)c(C#N)c(=O)n(C)c2c1. The highest BCUT2D eigenvalue weighted by Gasteiger charge is 2.12. The lowest BCUT2D eigenvalue weighted by molar-refractivity contribution is 0.192. The third kappa shape index (κ3) is 3.95. The average Bonchev–Trinajstić information content (AvgIpc) is 2.56. The molecule has 0 atom stereocenters. The van der Waals surface area contributed by atoms with Gasteiger partial charge in [-0.3, -0.25) is 4.79 Å². The fourth-order valence-corrected chi connectivity index (χ4v) is 3.56. The number of nitrogens with zero attached hydrogens (tertiary/aromatic N) is 2. The van der Waals surface area contributed by atoms with Crippen LogP contribution in [-0.2, 0) is 11.8 Å². The molecule has 1 heterocycles. The summed E-state index contributed by atoms with van der Waals surface area (Å²) in [5.41, 5.74) is 1.66. The molecule has 0 aliphatic rings. The van der Waals surface area contributed by atoms with Crippen LogP contribution in [-0.4, -0.2) is 24.0 Å². The highest BCUT2D eigenvalue weighted by Crippen LogP contribution is 2.26. The Morgan fingerprint density at radius 3 is 2.78 bits per heavy atom. The van der Waals surface area contributed by atoms with Crippen molar-refractivity contribution in [2.45, 2.75) is 31.1 Å². The molecule has 4 nitrogen and oxygen atoms in total. The normalized spacial score (nSPS) is 10.9. The molecule has 5 heteroatoms. The zero-order valence-electron chi connectivity index (χ0n) is 13.9. The van der Waals surface area contributed by atoms with Crippen molar-refractivity contribution in [1.29, 1.82) is 5.26 Å². The largest absolute Gasteiger partial charge is 0.385 e. The van der Waals surface area contributed by atoms with E-state index in [1.54, 1.807) is 30.5 Å². The first-order chi connectivity index (χ1) is 11.1. The topological polar surface area (TPSA) is 55.0 Å². The Balaban J connectivity index is 2.18. The quantitative estimate of drug-likeness (QED) is 0.574. The van der Waals surface area contributed by atoms with Crippen molar-refractivity contribution in [2.75, 3.05) is 19.5 Å². The van der Waals surface area contributed by atoms with Gasteiger partial charge in [0.1, 0.15) is 11.6 Å². The molecule has 122 valence electrons. The fourth-order valence-electron chi connectivity index (χ4n) is 2.61. The molecule has 0 fully saturated rings. The maximum Gasteiger partial charge on any atom is 0.268 e. The molecule has 0 aliphatic heterocycles. The molecular formula is C18H22N2O2S. The molecule has 0 bridgehead atoms. The van der Waals surface area contributed by atoms with Crippen LogP contribution in [0.3, 0.4) is 0 Å². The molecule has 2 rings (SSSR count). The van der Waals surface area contributed by atoms with Crippen molar-refractivity contribution in [3.8, 4) is 6.07 Å². The molecule has 0 amide bonds. The standard InChI is InChI=1S/C18H22N2O2S/c1-13-15-8-7-14(23-10-6-4-5-9-22-3)11-17(15)20(2)18(21)16(13)12-19/h7-8,11H,4-6,9-10H2,1-3H3. The first-order valence-electron chi connectivity index (χ1n) is 7.75. The monoisotopic (exact) mass is 330 g/mol. The lowest BCUT2D eigenvalue weighted by Crippen LogP contribution is -2.21. The number of fused-ring (bicyclic) bond motifs is 1. The van der Waals surface area contributed by atoms with Gasteiger partial charge < -0.3 is 9.30 Å². The van der Waals surface area contributed by atoms with Gasteiger partial charge in [0.2, 0.25) is 0 Å². The van der Waals surface area contributed by atoms with Gasteiger partial charge in [-0.25, -0.2) is 0 Å².